The first kappa shape index (κ1) is 37.6. The van der Waals surface area contributed by atoms with Gasteiger partial charge < -0.3 is 19.6 Å². The molecule has 2 amide bonds. The van der Waals surface area contributed by atoms with Crippen molar-refractivity contribution >= 4 is 33.7 Å². The van der Waals surface area contributed by atoms with Crippen LogP contribution in [-0.2, 0) is 27.2 Å². The van der Waals surface area contributed by atoms with Crippen LogP contribution in [0.5, 0.6) is 5.75 Å². The van der Waals surface area contributed by atoms with E-state index in [1.165, 1.54) is 23.3 Å². The largest absolute Gasteiger partial charge is 0.492 e. The van der Waals surface area contributed by atoms with E-state index in [-0.39, 0.29) is 49.0 Å². The number of piperazine rings is 1. The fourth-order valence-corrected chi connectivity index (χ4v) is 7.55. The second-order valence-electron chi connectivity index (χ2n) is 15.0. The second-order valence-corrected chi connectivity index (χ2v) is 15.9. The van der Waals surface area contributed by atoms with E-state index in [2.05, 4.69) is 64.3 Å². The summed E-state index contributed by atoms with van der Waals surface area (Å²) in [5.74, 6) is 5.42. The summed E-state index contributed by atoms with van der Waals surface area (Å²) >= 11 is 3.40. The van der Waals surface area contributed by atoms with Crippen molar-refractivity contribution in [2.24, 2.45) is 5.41 Å². The Balaban J connectivity index is 1.26. The van der Waals surface area contributed by atoms with E-state index in [1.54, 1.807) is 24.8 Å². The van der Waals surface area contributed by atoms with E-state index in [1.807, 2.05) is 29.2 Å². The Morgan fingerprint density at radius 2 is 1.75 bits per heavy atom. The number of halogens is 2. The maximum atomic E-state index is 15.1. The minimum absolute atomic E-state index is 0.0412. The molecule has 52 heavy (non-hydrogen) atoms. The zero-order valence-electron chi connectivity index (χ0n) is 30.1. The van der Waals surface area contributed by atoms with Gasteiger partial charge in [-0.25, -0.2) is 4.39 Å². The molecule has 1 aliphatic carbocycles. The van der Waals surface area contributed by atoms with Crippen molar-refractivity contribution in [2.45, 2.75) is 95.8 Å². The SMILES string of the molecule is Cc1ccc(CCN(C(=O)[C@@]23CC#C[C@@H](CN(C(=O)CCC(C)(C)C(=O)O)C2c2ccc(CCCOc4cc(F)ccc4Br)cc2)N3)C2CC2)cc1. The Bertz CT molecular complexity index is 1850. The summed E-state index contributed by atoms with van der Waals surface area (Å²) in [6, 6.07) is 19.9. The molecule has 1 saturated carbocycles. The van der Waals surface area contributed by atoms with Gasteiger partial charge in [0.2, 0.25) is 11.8 Å². The van der Waals surface area contributed by atoms with Crippen LogP contribution in [0.2, 0.25) is 0 Å². The molecule has 0 radical (unpaired) electrons. The van der Waals surface area contributed by atoms with E-state index >= 15 is 4.79 Å². The fraction of sp³-hybridized carbons (Fsp3) is 0.452. The highest BCUT2D eigenvalue weighted by Crippen LogP contribution is 2.43. The number of ether oxygens (including phenoxy) is 1. The van der Waals surface area contributed by atoms with E-state index in [0.717, 1.165) is 36.8 Å². The molecule has 3 aliphatic rings. The number of hydrogen-bond donors (Lipinski definition) is 2. The number of carbonyl (C=O) groups is 3. The smallest absolute Gasteiger partial charge is 0.309 e. The monoisotopic (exact) mass is 771 g/mol. The third-order valence-electron chi connectivity index (χ3n) is 10.5. The molecule has 2 aliphatic heterocycles. The minimum Gasteiger partial charge on any atom is -0.492 e. The van der Waals surface area contributed by atoms with E-state index < -0.39 is 23.0 Å². The molecule has 6 rings (SSSR count). The van der Waals surface area contributed by atoms with Crippen LogP contribution in [-0.4, -0.2) is 70.0 Å². The Labute approximate surface area is 314 Å². The van der Waals surface area contributed by atoms with Crippen LogP contribution in [0.15, 0.2) is 71.2 Å². The van der Waals surface area contributed by atoms with Crippen molar-refractivity contribution in [2.75, 3.05) is 19.7 Å². The van der Waals surface area contributed by atoms with E-state index in [9.17, 15) is 19.1 Å². The number of nitrogens with zero attached hydrogens (tertiary/aromatic N) is 2. The van der Waals surface area contributed by atoms with Gasteiger partial charge in [-0.15, -0.1) is 0 Å². The number of rotatable bonds is 15. The normalized spacial score (nSPS) is 20.8. The van der Waals surface area contributed by atoms with E-state index in [0.29, 0.717) is 36.3 Å². The summed E-state index contributed by atoms with van der Waals surface area (Å²) in [6.45, 7) is 6.58. The number of amides is 2. The molecule has 0 spiro atoms. The van der Waals surface area contributed by atoms with Gasteiger partial charge in [-0.2, -0.15) is 0 Å². The minimum atomic E-state index is -1.17. The molecule has 3 aromatic rings. The van der Waals surface area contributed by atoms with Gasteiger partial charge in [0.15, 0.2) is 0 Å². The maximum absolute atomic E-state index is 15.1. The quantitative estimate of drug-likeness (QED) is 0.127. The Morgan fingerprint density at radius 3 is 2.44 bits per heavy atom. The molecule has 2 heterocycles. The summed E-state index contributed by atoms with van der Waals surface area (Å²) in [5, 5.41) is 13.4. The lowest BCUT2D eigenvalue weighted by molar-refractivity contribution is -0.152. The number of carboxylic acids is 1. The molecule has 8 nitrogen and oxygen atoms in total. The van der Waals surface area contributed by atoms with Gasteiger partial charge in [0.25, 0.3) is 0 Å². The van der Waals surface area contributed by atoms with Crippen molar-refractivity contribution in [1.29, 1.82) is 0 Å². The molecule has 3 aromatic carbocycles. The number of nitrogens with one attached hydrogen (secondary N) is 1. The van der Waals surface area contributed by atoms with Crippen molar-refractivity contribution < 1.29 is 28.6 Å². The molecule has 3 atom stereocenters. The molecule has 10 heteroatoms. The fourth-order valence-electron chi connectivity index (χ4n) is 7.19. The van der Waals surface area contributed by atoms with Crippen LogP contribution in [0.4, 0.5) is 4.39 Å². The highest BCUT2D eigenvalue weighted by Gasteiger charge is 2.57. The van der Waals surface area contributed by atoms with Gasteiger partial charge >= 0.3 is 5.97 Å². The Kier molecular flexibility index (Phi) is 11.4. The standard InChI is InChI=1S/C42H47BrFN3O5/c1-28-8-10-30(11-9-28)21-24-46(34-17-18-34)39(49)42-22-4-7-33(45-42)27-47(37(48)20-23-41(2,3)40(50)51)38(42)31-14-12-29(13-15-31)6-5-25-52-36-26-32(44)16-19-35(36)43/h8-16,19,26,33-34,38,45H,5-6,17-18,20-25,27H2,1-3H3,(H,50,51)/t33-,38?,42+/m0/s1. The molecular formula is C42H47BrFN3O5. The number of aryl methyl sites for hydroxylation is 2. The average molecular weight is 773 g/mol. The molecule has 1 unspecified atom stereocenters. The topological polar surface area (TPSA) is 99.2 Å². The van der Waals surface area contributed by atoms with Gasteiger partial charge in [0.05, 0.1) is 28.6 Å². The van der Waals surface area contributed by atoms with Gasteiger partial charge in [-0.3, -0.25) is 19.7 Å². The van der Waals surface area contributed by atoms with Crippen molar-refractivity contribution in [3.63, 3.8) is 0 Å². The lowest BCUT2D eigenvalue weighted by Gasteiger charge is -2.53. The van der Waals surface area contributed by atoms with Gasteiger partial charge in [0.1, 0.15) is 17.1 Å². The number of fused-ring (bicyclic) bond motifs is 2. The summed E-state index contributed by atoms with van der Waals surface area (Å²) in [7, 11) is 0. The molecule has 1 saturated heterocycles. The van der Waals surface area contributed by atoms with Crippen molar-refractivity contribution in [1.82, 2.24) is 15.1 Å². The number of hydrogen-bond acceptors (Lipinski definition) is 5. The first-order chi connectivity index (χ1) is 24.9. The summed E-state index contributed by atoms with van der Waals surface area (Å²) < 4.78 is 20.2. The van der Waals surface area contributed by atoms with Crippen molar-refractivity contribution in [3.05, 3.63) is 99.3 Å². The molecule has 2 N–H and O–H groups in total. The molecule has 0 aromatic heterocycles. The Hall–Kier alpha value is -4.20. The predicted molar refractivity (Wildman–Crippen MR) is 201 cm³/mol. The molecule has 2 bridgehead atoms. The van der Waals surface area contributed by atoms with Crippen LogP contribution in [0.1, 0.15) is 80.7 Å². The number of aliphatic carboxylic acids is 1. The van der Waals surface area contributed by atoms with Gasteiger partial charge in [0, 0.05) is 38.0 Å². The first-order valence-electron chi connectivity index (χ1n) is 18.2. The molecular weight excluding hydrogens is 725 g/mol. The zero-order valence-corrected chi connectivity index (χ0v) is 31.7. The summed E-state index contributed by atoms with van der Waals surface area (Å²) in [5.41, 5.74) is 2.00. The second kappa shape index (κ2) is 15.8. The van der Waals surface area contributed by atoms with Gasteiger partial charge in [-0.1, -0.05) is 65.9 Å². The lowest BCUT2D eigenvalue weighted by Crippen LogP contribution is -2.73. The number of carboxylic acid groups (broad SMARTS) is 1. The zero-order chi connectivity index (χ0) is 37.0. The van der Waals surface area contributed by atoms with Crippen molar-refractivity contribution in [3.8, 4) is 17.6 Å². The average Bonchev–Trinajstić information content (AvgIpc) is 3.97. The van der Waals surface area contributed by atoms with E-state index in [4.69, 9.17) is 4.74 Å². The highest BCUT2D eigenvalue weighted by molar-refractivity contribution is 9.10. The van der Waals surface area contributed by atoms with Crippen LogP contribution < -0.4 is 10.1 Å². The van der Waals surface area contributed by atoms with Crippen LogP contribution in [0, 0.1) is 30.0 Å². The predicted octanol–water partition coefficient (Wildman–Crippen LogP) is 7.02. The number of carbonyl (C=O) groups excluding carboxylic acids is 2. The summed E-state index contributed by atoms with van der Waals surface area (Å²) in [4.78, 5) is 45.0. The third-order valence-corrected chi connectivity index (χ3v) is 11.2. The van der Waals surface area contributed by atoms with Crippen LogP contribution >= 0.6 is 15.9 Å². The molecule has 274 valence electrons. The molecule has 2 fully saturated rings. The number of benzene rings is 3. The lowest BCUT2D eigenvalue weighted by atomic mass is 9.75. The van der Waals surface area contributed by atoms with Gasteiger partial charge in [-0.05, 0) is 104 Å². The Morgan fingerprint density at radius 1 is 1.06 bits per heavy atom. The summed E-state index contributed by atoms with van der Waals surface area (Å²) in [6.07, 6.45) is 4.49. The first-order valence-corrected chi connectivity index (χ1v) is 19.0. The highest BCUT2D eigenvalue weighted by atomic mass is 79.9. The maximum Gasteiger partial charge on any atom is 0.309 e. The van der Waals surface area contributed by atoms with Crippen LogP contribution in [0.3, 0.4) is 0 Å². The van der Waals surface area contributed by atoms with Crippen LogP contribution in [0.25, 0.3) is 0 Å². The third kappa shape index (κ3) is 8.53.